The monoisotopic (exact) mass is 482 g/mol. The van der Waals surface area contributed by atoms with Crippen molar-refractivity contribution in [2.75, 3.05) is 23.8 Å². The number of nitrogens with one attached hydrogen (secondary N) is 3. The molecular weight excluding hydrogens is 452 g/mol. The van der Waals surface area contributed by atoms with Crippen LogP contribution >= 0.6 is 0 Å². The van der Waals surface area contributed by atoms with Gasteiger partial charge in [0.05, 0.1) is 11.6 Å². The highest BCUT2D eigenvalue weighted by molar-refractivity contribution is 6.07. The summed E-state index contributed by atoms with van der Waals surface area (Å²) in [6.07, 6.45) is 8.30. The lowest BCUT2D eigenvalue weighted by Crippen LogP contribution is -2.49. The Bertz CT molecular complexity index is 1070. The maximum Gasteiger partial charge on any atom is 0.408 e. The molecule has 1 aromatic heterocycles. The minimum Gasteiger partial charge on any atom is -0.446 e. The zero-order valence-electron chi connectivity index (χ0n) is 19.5. The number of aromatic nitrogens is 1. The molecule has 1 saturated heterocycles. The first-order valence-corrected chi connectivity index (χ1v) is 12.2. The summed E-state index contributed by atoms with van der Waals surface area (Å²) in [5.74, 6) is -0.0381. The molecule has 1 spiro atoms. The van der Waals surface area contributed by atoms with E-state index in [-0.39, 0.29) is 30.2 Å². The van der Waals surface area contributed by atoms with Crippen LogP contribution in [0.25, 0.3) is 0 Å². The van der Waals surface area contributed by atoms with E-state index < -0.39 is 17.6 Å². The molecule has 3 amide bonds. The molecule has 5 rings (SSSR count). The number of ether oxygens (including phenoxy) is 2. The van der Waals surface area contributed by atoms with Crippen molar-refractivity contribution in [3.63, 3.8) is 0 Å². The number of amides is 3. The molecule has 0 unspecified atom stereocenters. The lowest BCUT2D eigenvalue weighted by Gasteiger charge is -2.31. The Balaban J connectivity index is 1.28. The number of anilines is 2. The first-order valence-electron chi connectivity index (χ1n) is 12.2. The Kier molecular flexibility index (Phi) is 6.72. The summed E-state index contributed by atoms with van der Waals surface area (Å²) in [5.41, 5.74) is 1.66. The van der Waals surface area contributed by atoms with Gasteiger partial charge in [0.15, 0.2) is 6.61 Å². The summed E-state index contributed by atoms with van der Waals surface area (Å²) >= 11 is 0. The van der Waals surface area contributed by atoms with Gasteiger partial charge in [0.1, 0.15) is 12.3 Å². The first-order chi connectivity index (χ1) is 17.0. The van der Waals surface area contributed by atoms with Gasteiger partial charge in [-0.3, -0.25) is 9.59 Å². The number of hydrogen-bond acceptors (Lipinski definition) is 7. The Morgan fingerprint density at radius 3 is 2.74 bits per heavy atom. The van der Waals surface area contributed by atoms with Crippen molar-refractivity contribution in [3.8, 4) is 0 Å². The normalized spacial score (nSPS) is 20.1. The van der Waals surface area contributed by atoms with Crippen LogP contribution < -0.4 is 16.0 Å². The minimum atomic E-state index is -0.739. The third-order valence-corrected chi connectivity index (χ3v) is 7.32. The Labute approximate surface area is 203 Å². The van der Waals surface area contributed by atoms with Gasteiger partial charge in [0.2, 0.25) is 17.7 Å². The van der Waals surface area contributed by atoms with Crippen molar-refractivity contribution in [2.45, 2.75) is 63.0 Å². The van der Waals surface area contributed by atoms with E-state index in [2.05, 4.69) is 20.9 Å². The third-order valence-electron chi connectivity index (χ3n) is 7.32. The standard InChI is InChI=1S/C25H30N4O6/c30-22(21(16-4-2-1-3-5-16)29-24(32)35-15-20-26-10-13-34-20)27-17-6-7-18-19(14-17)28-23(31)25(18)8-11-33-12-9-25/h6-7,10,13-14,16,21H,1-5,8-9,11-12,15H2,(H,27,30)(H,28,31)(H,29,32)/t21-/m0/s1. The van der Waals surface area contributed by atoms with E-state index in [1.165, 1.54) is 12.5 Å². The predicted octanol–water partition coefficient (Wildman–Crippen LogP) is 3.49. The van der Waals surface area contributed by atoms with Gasteiger partial charge in [-0.1, -0.05) is 25.3 Å². The lowest BCUT2D eigenvalue weighted by molar-refractivity contribution is -0.124. The molecule has 10 heteroatoms. The highest BCUT2D eigenvalue weighted by atomic mass is 16.6. The Hall–Kier alpha value is -3.40. The van der Waals surface area contributed by atoms with Crippen molar-refractivity contribution in [1.82, 2.24) is 10.3 Å². The number of alkyl carbamates (subject to hydrolysis) is 1. The molecule has 2 aliphatic heterocycles. The number of carbonyl (C=O) groups is 3. The maximum absolute atomic E-state index is 13.3. The number of nitrogens with zero attached hydrogens (tertiary/aromatic N) is 1. The quantitative estimate of drug-likeness (QED) is 0.574. The molecule has 1 atom stereocenters. The fourth-order valence-corrected chi connectivity index (χ4v) is 5.43. The van der Waals surface area contributed by atoms with E-state index in [4.69, 9.17) is 13.9 Å². The van der Waals surface area contributed by atoms with Crippen LogP contribution in [-0.2, 0) is 31.1 Å². The molecule has 0 radical (unpaired) electrons. The van der Waals surface area contributed by atoms with E-state index in [0.29, 0.717) is 37.4 Å². The van der Waals surface area contributed by atoms with Crippen LogP contribution in [0.4, 0.5) is 16.2 Å². The fraction of sp³-hybridized carbons (Fsp3) is 0.520. The molecule has 186 valence electrons. The summed E-state index contributed by atoms with van der Waals surface area (Å²) < 4.78 is 15.7. The van der Waals surface area contributed by atoms with Crippen LogP contribution in [0.2, 0.25) is 0 Å². The van der Waals surface area contributed by atoms with Gasteiger partial charge < -0.3 is 29.8 Å². The van der Waals surface area contributed by atoms with Crippen LogP contribution in [0.5, 0.6) is 0 Å². The molecule has 1 aliphatic carbocycles. The predicted molar refractivity (Wildman–Crippen MR) is 126 cm³/mol. The molecule has 3 heterocycles. The highest BCUT2D eigenvalue weighted by Crippen LogP contribution is 2.45. The molecule has 2 aromatic rings. The van der Waals surface area contributed by atoms with Crippen LogP contribution in [0.1, 0.15) is 56.4 Å². The Morgan fingerprint density at radius 2 is 2.00 bits per heavy atom. The second-order valence-electron chi connectivity index (χ2n) is 9.42. The summed E-state index contributed by atoms with van der Waals surface area (Å²) in [6.45, 7) is 0.980. The van der Waals surface area contributed by atoms with Crippen LogP contribution in [0, 0.1) is 5.92 Å². The van der Waals surface area contributed by atoms with Gasteiger partial charge in [0.25, 0.3) is 0 Å². The Morgan fingerprint density at radius 1 is 1.20 bits per heavy atom. The number of oxazole rings is 1. The zero-order chi connectivity index (χ0) is 24.3. The molecule has 1 saturated carbocycles. The molecular formula is C25H30N4O6. The van der Waals surface area contributed by atoms with E-state index >= 15 is 0 Å². The van der Waals surface area contributed by atoms with Crippen molar-refractivity contribution in [1.29, 1.82) is 0 Å². The average molecular weight is 483 g/mol. The van der Waals surface area contributed by atoms with Crippen LogP contribution in [0.15, 0.2) is 35.1 Å². The van der Waals surface area contributed by atoms with Gasteiger partial charge in [0, 0.05) is 24.6 Å². The van der Waals surface area contributed by atoms with E-state index in [0.717, 1.165) is 37.7 Å². The fourth-order valence-electron chi connectivity index (χ4n) is 5.43. The van der Waals surface area contributed by atoms with E-state index in [1.54, 1.807) is 6.07 Å². The number of carbonyl (C=O) groups excluding carboxylic acids is 3. The van der Waals surface area contributed by atoms with Gasteiger partial charge >= 0.3 is 6.09 Å². The zero-order valence-corrected chi connectivity index (χ0v) is 19.5. The van der Waals surface area contributed by atoms with Gasteiger partial charge in [-0.25, -0.2) is 9.78 Å². The molecule has 3 N–H and O–H groups in total. The van der Waals surface area contributed by atoms with Gasteiger partial charge in [-0.2, -0.15) is 0 Å². The largest absolute Gasteiger partial charge is 0.446 e. The summed E-state index contributed by atoms with van der Waals surface area (Å²) in [4.78, 5) is 42.5. The highest BCUT2D eigenvalue weighted by Gasteiger charge is 2.47. The number of rotatable bonds is 6. The van der Waals surface area contributed by atoms with Crippen LogP contribution in [0.3, 0.4) is 0 Å². The number of fused-ring (bicyclic) bond motifs is 2. The smallest absolute Gasteiger partial charge is 0.408 e. The molecule has 10 nitrogen and oxygen atoms in total. The average Bonchev–Trinajstić information content (AvgIpc) is 3.49. The second-order valence-corrected chi connectivity index (χ2v) is 9.42. The lowest BCUT2D eigenvalue weighted by atomic mass is 9.75. The number of hydrogen-bond donors (Lipinski definition) is 3. The molecule has 3 aliphatic rings. The topological polar surface area (TPSA) is 132 Å². The maximum atomic E-state index is 13.3. The third kappa shape index (κ3) is 4.88. The van der Waals surface area contributed by atoms with Crippen LogP contribution in [-0.4, -0.2) is 42.1 Å². The van der Waals surface area contributed by atoms with E-state index in [1.807, 2.05) is 12.1 Å². The summed E-state index contributed by atoms with van der Waals surface area (Å²) in [5, 5.41) is 8.66. The summed E-state index contributed by atoms with van der Waals surface area (Å²) in [7, 11) is 0. The number of benzene rings is 1. The molecule has 0 bridgehead atoms. The van der Waals surface area contributed by atoms with Crippen molar-refractivity contribution in [3.05, 3.63) is 42.1 Å². The van der Waals surface area contributed by atoms with Crippen molar-refractivity contribution in [2.24, 2.45) is 5.92 Å². The summed E-state index contributed by atoms with van der Waals surface area (Å²) in [6, 6.07) is 4.76. The molecule has 1 aromatic carbocycles. The van der Waals surface area contributed by atoms with Gasteiger partial charge in [-0.15, -0.1) is 0 Å². The van der Waals surface area contributed by atoms with Gasteiger partial charge in [-0.05, 0) is 49.3 Å². The minimum absolute atomic E-state index is 0.0117. The SMILES string of the molecule is O=C(N[C@H](C(=O)Nc1ccc2c(c1)NC(=O)C21CCOCC1)C1CCCCC1)OCc1ncco1. The molecule has 2 fully saturated rings. The molecule has 35 heavy (non-hydrogen) atoms. The van der Waals surface area contributed by atoms with Crippen molar-refractivity contribution >= 4 is 29.3 Å². The second kappa shape index (κ2) is 10.1. The van der Waals surface area contributed by atoms with Crippen molar-refractivity contribution < 1.29 is 28.3 Å². The van der Waals surface area contributed by atoms with E-state index in [9.17, 15) is 14.4 Å². The first kappa shape index (κ1) is 23.3.